The van der Waals surface area contributed by atoms with Crippen LogP contribution in [0.2, 0.25) is 0 Å². The third-order valence-electron chi connectivity index (χ3n) is 3.40. The highest BCUT2D eigenvalue weighted by Crippen LogP contribution is 2.44. The Morgan fingerprint density at radius 2 is 2.12 bits per heavy atom. The molecular weight excluding hydrogens is 194 g/mol. The molecule has 0 bridgehead atoms. The molecule has 1 aromatic carbocycles. The molecule has 1 aliphatic carbocycles. The van der Waals surface area contributed by atoms with E-state index in [4.69, 9.17) is 0 Å². The highest BCUT2D eigenvalue weighted by atomic mass is 14.9. The van der Waals surface area contributed by atoms with Crippen molar-refractivity contribution >= 4 is 0 Å². The van der Waals surface area contributed by atoms with Gasteiger partial charge in [-0.25, -0.2) is 0 Å². The minimum atomic E-state index is 0.305. The summed E-state index contributed by atoms with van der Waals surface area (Å²) in [7, 11) is 0. The molecule has 16 heavy (non-hydrogen) atoms. The normalized spacial score (nSPS) is 21.8. The molecule has 1 nitrogen and oxygen atoms in total. The summed E-state index contributed by atoms with van der Waals surface area (Å²) >= 11 is 0. The summed E-state index contributed by atoms with van der Waals surface area (Å²) in [5.74, 6) is 0. The molecule has 0 aliphatic heterocycles. The first-order valence-electron chi connectivity index (χ1n) is 5.96. The second kappa shape index (κ2) is 4.06. The average Bonchev–Trinajstić information content (AvgIpc) is 2.44. The van der Waals surface area contributed by atoms with E-state index in [2.05, 4.69) is 56.9 Å². The molecule has 2 rings (SSSR count). The van der Waals surface area contributed by atoms with Gasteiger partial charge in [-0.1, -0.05) is 50.3 Å². The van der Waals surface area contributed by atoms with E-state index in [0.717, 1.165) is 13.0 Å². The molecule has 0 fully saturated rings. The molecule has 1 atom stereocenters. The van der Waals surface area contributed by atoms with E-state index in [1.54, 1.807) is 0 Å². The molecule has 0 heterocycles. The van der Waals surface area contributed by atoms with Crippen LogP contribution < -0.4 is 5.32 Å². The first-order chi connectivity index (χ1) is 7.50. The van der Waals surface area contributed by atoms with Gasteiger partial charge in [-0.05, 0) is 29.9 Å². The van der Waals surface area contributed by atoms with Gasteiger partial charge in [0.25, 0.3) is 0 Å². The second-order valence-electron chi connectivity index (χ2n) is 5.64. The van der Waals surface area contributed by atoms with E-state index in [9.17, 15) is 0 Å². The summed E-state index contributed by atoms with van der Waals surface area (Å²) in [5, 5.41) is 3.63. The molecule has 1 aromatic rings. The Kier molecular flexibility index (Phi) is 2.90. The Morgan fingerprint density at radius 1 is 1.44 bits per heavy atom. The molecule has 0 saturated carbocycles. The van der Waals surface area contributed by atoms with Gasteiger partial charge in [0.1, 0.15) is 0 Å². The first-order valence-corrected chi connectivity index (χ1v) is 5.96. The summed E-state index contributed by atoms with van der Waals surface area (Å²) in [6, 6.07) is 9.23. The molecule has 86 valence electrons. The molecule has 1 N–H and O–H groups in total. The third kappa shape index (κ3) is 2.05. The van der Waals surface area contributed by atoms with Gasteiger partial charge in [-0.2, -0.15) is 0 Å². The van der Waals surface area contributed by atoms with Crippen LogP contribution >= 0.6 is 0 Å². The van der Waals surface area contributed by atoms with Crippen molar-refractivity contribution in [1.29, 1.82) is 0 Å². The number of nitrogens with one attached hydrogen (secondary N) is 1. The van der Waals surface area contributed by atoms with Crippen LogP contribution in [-0.2, 0) is 6.42 Å². The quantitative estimate of drug-likeness (QED) is 0.761. The summed E-state index contributed by atoms with van der Waals surface area (Å²) in [6.07, 6.45) is 1.16. The zero-order chi connectivity index (χ0) is 11.8. The van der Waals surface area contributed by atoms with Crippen molar-refractivity contribution in [3.8, 4) is 0 Å². The fraction of sp³-hybridized carbons (Fsp3) is 0.467. The Labute approximate surface area is 98.6 Å². The topological polar surface area (TPSA) is 12.0 Å². The van der Waals surface area contributed by atoms with Gasteiger partial charge in [0.15, 0.2) is 0 Å². The van der Waals surface area contributed by atoms with Crippen LogP contribution in [0.5, 0.6) is 0 Å². The Morgan fingerprint density at radius 3 is 2.81 bits per heavy atom. The van der Waals surface area contributed by atoms with Crippen molar-refractivity contribution < 1.29 is 0 Å². The van der Waals surface area contributed by atoms with Crippen LogP contribution in [-0.4, -0.2) is 6.54 Å². The lowest BCUT2D eigenvalue weighted by Gasteiger charge is -2.28. The maximum atomic E-state index is 3.96. The van der Waals surface area contributed by atoms with Crippen LogP contribution in [0.1, 0.15) is 37.9 Å². The lowest BCUT2D eigenvalue weighted by Crippen LogP contribution is -2.32. The van der Waals surface area contributed by atoms with Gasteiger partial charge in [0, 0.05) is 12.6 Å². The van der Waals surface area contributed by atoms with Gasteiger partial charge >= 0.3 is 0 Å². The molecule has 0 saturated heterocycles. The van der Waals surface area contributed by atoms with Crippen molar-refractivity contribution in [2.45, 2.75) is 33.2 Å². The summed E-state index contributed by atoms with van der Waals surface area (Å²) in [5.41, 5.74) is 4.46. The van der Waals surface area contributed by atoms with Crippen LogP contribution in [0.25, 0.3) is 0 Å². The maximum Gasteiger partial charge on any atom is 0.0380 e. The van der Waals surface area contributed by atoms with E-state index in [0.29, 0.717) is 11.5 Å². The number of hydrogen-bond acceptors (Lipinski definition) is 1. The van der Waals surface area contributed by atoms with Crippen molar-refractivity contribution in [1.82, 2.24) is 5.32 Å². The summed E-state index contributed by atoms with van der Waals surface area (Å²) < 4.78 is 0. The van der Waals surface area contributed by atoms with Crippen LogP contribution in [0.15, 0.2) is 36.4 Å². The minimum Gasteiger partial charge on any atom is -0.306 e. The maximum absolute atomic E-state index is 3.96. The zero-order valence-electron chi connectivity index (χ0n) is 10.5. The molecule has 1 aliphatic rings. The van der Waals surface area contributed by atoms with Crippen LogP contribution in [0, 0.1) is 5.41 Å². The SMILES string of the molecule is C=C(C)CNC1c2ccccc2CC1(C)C. The Balaban J connectivity index is 2.24. The van der Waals surface area contributed by atoms with Gasteiger partial charge in [0.2, 0.25) is 0 Å². The van der Waals surface area contributed by atoms with E-state index in [1.165, 1.54) is 16.7 Å². The third-order valence-corrected chi connectivity index (χ3v) is 3.40. The molecule has 0 spiro atoms. The lowest BCUT2D eigenvalue weighted by atomic mass is 9.85. The van der Waals surface area contributed by atoms with Crippen molar-refractivity contribution in [2.75, 3.05) is 6.54 Å². The molecule has 0 radical (unpaired) electrons. The fourth-order valence-corrected chi connectivity index (χ4v) is 2.65. The minimum absolute atomic E-state index is 0.305. The molecule has 1 heteroatoms. The van der Waals surface area contributed by atoms with Gasteiger partial charge in [-0.3, -0.25) is 0 Å². The predicted octanol–water partition coefficient (Wildman–Crippen LogP) is 3.48. The number of rotatable bonds is 3. The molecular formula is C15H21N. The molecule has 1 unspecified atom stereocenters. The van der Waals surface area contributed by atoms with Crippen molar-refractivity contribution in [3.05, 3.63) is 47.5 Å². The predicted molar refractivity (Wildman–Crippen MR) is 69.5 cm³/mol. The standard InChI is InChI=1S/C15H21N/c1-11(2)10-16-14-13-8-6-5-7-12(13)9-15(14,3)4/h5-8,14,16H,1,9-10H2,2-4H3. The smallest absolute Gasteiger partial charge is 0.0380 e. The zero-order valence-corrected chi connectivity index (χ0v) is 10.5. The Bertz CT molecular complexity index is 404. The van der Waals surface area contributed by atoms with E-state index in [-0.39, 0.29) is 0 Å². The van der Waals surface area contributed by atoms with Crippen molar-refractivity contribution in [2.24, 2.45) is 5.41 Å². The first kappa shape index (κ1) is 11.4. The van der Waals surface area contributed by atoms with Crippen LogP contribution in [0.4, 0.5) is 0 Å². The second-order valence-corrected chi connectivity index (χ2v) is 5.64. The summed E-state index contributed by atoms with van der Waals surface area (Å²) in [4.78, 5) is 0. The van der Waals surface area contributed by atoms with Crippen molar-refractivity contribution in [3.63, 3.8) is 0 Å². The average molecular weight is 215 g/mol. The molecule has 0 amide bonds. The Hall–Kier alpha value is -1.08. The van der Waals surface area contributed by atoms with Gasteiger partial charge in [-0.15, -0.1) is 0 Å². The largest absolute Gasteiger partial charge is 0.306 e. The highest BCUT2D eigenvalue weighted by Gasteiger charge is 2.37. The monoisotopic (exact) mass is 215 g/mol. The lowest BCUT2D eigenvalue weighted by molar-refractivity contribution is 0.275. The van der Waals surface area contributed by atoms with Gasteiger partial charge < -0.3 is 5.32 Å². The van der Waals surface area contributed by atoms with Gasteiger partial charge in [0.05, 0.1) is 0 Å². The van der Waals surface area contributed by atoms with E-state index >= 15 is 0 Å². The molecule has 0 aromatic heterocycles. The number of fused-ring (bicyclic) bond motifs is 1. The number of benzene rings is 1. The highest BCUT2D eigenvalue weighted by molar-refractivity contribution is 5.37. The summed E-state index contributed by atoms with van der Waals surface area (Å²) in [6.45, 7) is 11.6. The van der Waals surface area contributed by atoms with E-state index < -0.39 is 0 Å². The fourth-order valence-electron chi connectivity index (χ4n) is 2.65. The van der Waals surface area contributed by atoms with Crippen LogP contribution in [0.3, 0.4) is 0 Å². The van der Waals surface area contributed by atoms with E-state index in [1.807, 2.05) is 0 Å². The number of hydrogen-bond donors (Lipinski definition) is 1.